The van der Waals surface area contributed by atoms with Crippen LogP contribution in [0.15, 0.2) is 42.5 Å². The quantitative estimate of drug-likeness (QED) is 0.631. The van der Waals surface area contributed by atoms with Gasteiger partial charge in [-0.25, -0.2) is 0 Å². The van der Waals surface area contributed by atoms with E-state index in [0.717, 1.165) is 43.2 Å². The van der Waals surface area contributed by atoms with Crippen LogP contribution in [0.3, 0.4) is 0 Å². The number of nitrogens with zero attached hydrogens (tertiary/aromatic N) is 2. The number of amides is 1. The van der Waals surface area contributed by atoms with E-state index in [0.29, 0.717) is 11.5 Å². The number of ether oxygens (including phenoxy) is 3. The van der Waals surface area contributed by atoms with Crippen molar-refractivity contribution in [3.05, 3.63) is 53.1 Å². The van der Waals surface area contributed by atoms with Gasteiger partial charge in [0.1, 0.15) is 6.61 Å². The lowest BCUT2D eigenvalue weighted by Gasteiger charge is -2.38. The number of rotatable bonds is 8. The van der Waals surface area contributed by atoms with E-state index in [1.54, 1.807) is 21.3 Å². The first-order chi connectivity index (χ1) is 14.5. The lowest BCUT2D eigenvalue weighted by atomic mass is 10.0. The van der Waals surface area contributed by atoms with E-state index >= 15 is 0 Å². The third kappa shape index (κ3) is 5.45. The number of carbonyl (C=O) groups excluding carboxylic acids is 1. The van der Waals surface area contributed by atoms with Crippen LogP contribution in [0.1, 0.15) is 18.4 Å². The first-order valence-corrected chi connectivity index (χ1v) is 10.4. The zero-order valence-electron chi connectivity index (χ0n) is 17.8. The Hall–Kier alpha value is -2.28. The maximum Gasteiger partial charge on any atom is 0.253 e. The van der Waals surface area contributed by atoms with Crippen molar-refractivity contribution < 1.29 is 19.0 Å². The molecule has 0 bridgehead atoms. The summed E-state index contributed by atoms with van der Waals surface area (Å²) < 4.78 is 15.9. The molecule has 1 saturated heterocycles. The van der Waals surface area contributed by atoms with E-state index in [4.69, 9.17) is 25.8 Å². The number of hydrogen-bond donors (Lipinski definition) is 0. The summed E-state index contributed by atoms with van der Waals surface area (Å²) in [6.45, 7) is 2.75. The fourth-order valence-corrected chi connectivity index (χ4v) is 4.04. The molecule has 0 atom stereocenters. The first-order valence-electron chi connectivity index (χ1n) is 10.1. The van der Waals surface area contributed by atoms with E-state index in [2.05, 4.69) is 17.0 Å². The van der Waals surface area contributed by atoms with E-state index < -0.39 is 0 Å². The Morgan fingerprint density at radius 2 is 1.70 bits per heavy atom. The molecule has 7 heteroatoms. The Balaban J connectivity index is 1.72. The predicted molar refractivity (Wildman–Crippen MR) is 119 cm³/mol. The molecule has 1 aliphatic heterocycles. The van der Waals surface area contributed by atoms with Gasteiger partial charge in [-0.1, -0.05) is 23.7 Å². The number of benzene rings is 2. The van der Waals surface area contributed by atoms with Crippen LogP contribution in [0.2, 0.25) is 5.02 Å². The van der Waals surface area contributed by atoms with Gasteiger partial charge < -0.3 is 19.1 Å². The Morgan fingerprint density at radius 3 is 2.30 bits per heavy atom. The smallest absolute Gasteiger partial charge is 0.253 e. The highest BCUT2D eigenvalue weighted by molar-refractivity contribution is 6.30. The van der Waals surface area contributed by atoms with Gasteiger partial charge in [0.15, 0.2) is 11.5 Å². The topological polar surface area (TPSA) is 51.2 Å². The zero-order chi connectivity index (χ0) is 21.5. The van der Waals surface area contributed by atoms with Gasteiger partial charge in [-0.05, 0) is 42.7 Å². The average molecular weight is 433 g/mol. The van der Waals surface area contributed by atoms with Gasteiger partial charge in [-0.15, -0.1) is 0 Å². The summed E-state index contributed by atoms with van der Waals surface area (Å²) in [7, 11) is 4.74. The van der Waals surface area contributed by atoms with Crippen molar-refractivity contribution in [2.45, 2.75) is 25.4 Å². The molecule has 1 heterocycles. The first kappa shape index (κ1) is 22.4. The van der Waals surface area contributed by atoms with Crippen LogP contribution in [-0.2, 0) is 16.1 Å². The van der Waals surface area contributed by atoms with E-state index in [1.807, 2.05) is 35.2 Å². The number of halogens is 1. The van der Waals surface area contributed by atoms with Gasteiger partial charge in [0.2, 0.25) is 0 Å². The zero-order valence-corrected chi connectivity index (χ0v) is 18.5. The summed E-state index contributed by atoms with van der Waals surface area (Å²) in [6, 6.07) is 13.7. The summed E-state index contributed by atoms with van der Waals surface area (Å²) in [5.74, 6) is 1.18. The van der Waals surface area contributed by atoms with Crippen LogP contribution < -0.4 is 14.4 Å². The molecule has 2 aromatic carbocycles. The number of hydrogen-bond acceptors (Lipinski definition) is 5. The fourth-order valence-electron chi connectivity index (χ4n) is 3.91. The summed E-state index contributed by atoms with van der Waals surface area (Å²) >= 11 is 5.98. The molecule has 3 rings (SSSR count). The molecule has 0 N–H and O–H groups in total. The molecule has 6 nitrogen and oxygen atoms in total. The lowest BCUT2D eigenvalue weighted by Crippen LogP contribution is -2.48. The van der Waals surface area contributed by atoms with Crippen LogP contribution in [0, 0.1) is 0 Å². The van der Waals surface area contributed by atoms with Crippen LogP contribution in [0.4, 0.5) is 5.69 Å². The van der Waals surface area contributed by atoms with Gasteiger partial charge >= 0.3 is 0 Å². The van der Waals surface area contributed by atoms with Crippen molar-refractivity contribution >= 4 is 23.2 Å². The molecule has 1 fully saturated rings. The van der Waals surface area contributed by atoms with E-state index in [1.165, 1.54) is 5.56 Å². The molecule has 162 valence electrons. The van der Waals surface area contributed by atoms with Gasteiger partial charge in [-0.3, -0.25) is 9.69 Å². The van der Waals surface area contributed by atoms with Crippen LogP contribution >= 0.6 is 11.6 Å². The van der Waals surface area contributed by atoms with Gasteiger partial charge in [0.05, 0.1) is 14.2 Å². The molecule has 0 unspecified atom stereocenters. The minimum atomic E-state index is -0.0547. The Bertz CT molecular complexity index is 836. The maximum atomic E-state index is 12.9. The molecule has 0 aliphatic carbocycles. The van der Waals surface area contributed by atoms with Crippen molar-refractivity contribution in [1.29, 1.82) is 0 Å². The number of anilines is 1. The van der Waals surface area contributed by atoms with Gasteiger partial charge in [-0.2, -0.15) is 0 Å². The Kier molecular flexibility index (Phi) is 7.96. The third-order valence-corrected chi connectivity index (χ3v) is 5.68. The number of methoxy groups -OCH3 is 3. The number of piperidine rings is 1. The molecule has 2 aromatic rings. The number of likely N-dealkylation sites (tertiary alicyclic amines) is 1. The van der Waals surface area contributed by atoms with Gasteiger partial charge in [0.25, 0.3) is 5.91 Å². The molecule has 1 amide bonds. The molecule has 0 radical (unpaired) electrons. The highest BCUT2D eigenvalue weighted by Crippen LogP contribution is 2.34. The van der Waals surface area contributed by atoms with E-state index in [9.17, 15) is 4.79 Å². The summed E-state index contributed by atoms with van der Waals surface area (Å²) in [4.78, 5) is 17.2. The average Bonchev–Trinajstić information content (AvgIpc) is 2.77. The van der Waals surface area contributed by atoms with Crippen molar-refractivity contribution in [2.24, 2.45) is 0 Å². The minimum Gasteiger partial charge on any atom is -0.493 e. The Labute approximate surface area is 183 Å². The molecular weight excluding hydrogens is 404 g/mol. The van der Waals surface area contributed by atoms with Crippen molar-refractivity contribution in [3.63, 3.8) is 0 Å². The normalized spacial score (nSPS) is 15.1. The monoisotopic (exact) mass is 432 g/mol. The van der Waals surface area contributed by atoms with Crippen LogP contribution in [0.5, 0.6) is 11.5 Å². The number of carbonyl (C=O) groups is 1. The second-order valence-electron chi connectivity index (χ2n) is 7.37. The van der Waals surface area contributed by atoms with Crippen molar-refractivity contribution in [1.82, 2.24) is 4.90 Å². The second-order valence-corrected chi connectivity index (χ2v) is 7.81. The SMILES string of the molecule is COCC(=O)N(c1ccc(OC)c(OC)c1)C1CCN(Cc2ccc(Cl)cc2)CC1. The predicted octanol–water partition coefficient (Wildman–Crippen LogP) is 4.00. The minimum absolute atomic E-state index is 0.0410. The lowest BCUT2D eigenvalue weighted by molar-refractivity contribution is -0.122. The summed E-state index contributed by atoms with van der Waals surface area (Å²) in [6.07, 6.45) is 1.77. The molecule has 0 saturated carbocycles. The summed E-state index contributed by atoms with van der Waals surface area (Å²) in [5.41, 5.74) is 2.04. The maximum absolute atomic E-state index is 12.9. The molecule has 0 aromatic heterocycles. The van der Waals surface area contributed by atoms with Crippen LogP contribution in [-0.4, -0.2) is 57.9 Å². The molecular formula is C23H29ClN2O4. The second kappa shape index (κ2) is 10.7. The fraction of sp³-hybridized carbons (Fsp3) is 0.435. The largest absolute Gasteiger partial charge is 0.493 e. The van der Waals surface area contributed by atoms with Gasteiger partial charge in [0, 0.05) is 49.6 Å². The molecule has 1 aliphatic rings. The molecule has 0 spiro atoms. The van der Waals surface area contributed by atoms with Crippen LogP contribution in [0.25, 0.3) is 0 Å². The standard InChI is InChI=1S/C23H29ClN2O4/c1-28-16-23(27)26(20-8-9-21(29-2)22(14-20)30-3)19-10-12-25(13-11-19)15-17-4-6-18(24)7-5-17/h4-9,14,19H,10-13,15-16H2,1-3H3. The highest BCUT2D eigenvalue weighted by Gasteiger charge is 2.29. The third-order valence-electron chi connectivity index (χ3n) is 5.42. The van der Waals surface area contributed by atoms with E-state index in [-0.39, 0.29) is 18.6 Å². The Morgan fingerprint density at radius 1 is 1.03 bits per heavy atom. The van der Waals surface area contributed by atoms with Crippen molar-refractivity contribution in [2.75, 3.05) is 45.9 Å². The van der Waals surface area contributed by atoms with Crippen molar-refractivity contribution in [3.8, 4) is 11.5 Å². The summed E-state index contributed by atoms with van der Waals surface area (Å²) in [5, 5.41) is 0.750. The molecule has 30 heavy (non-hydrogen) atoms. The highest BCUT2D eigenvalue weighted by atomic mass is 35.5.